The van der Waals surface area contributed by atoms with Crippen LogP contribution in [0.15, 0.2) is 48.8 Å². The Balaban J connectivity index is 1.71. The van der Waals surface area contributed by atoms with E-state index >= 15 is 0 Å². The van der Waals surface area contributed by atoms with Gasteiger partial charge in [-0.2, -0.15) is 0 Å². The highest BCUT2D eigenvalue weighted by Crippen LogP contribution is 2.29. The van der Waals surface area contributed by atoms with E-state index in [1.807, 2.05) is 42.6 Å². The van der Waals surface area contributed by atoms with E-state index in [0.717, 1.165) is 47.7 Å². The number of hydrogen-bond acceptors (Lipinski definition) is 3. The number of hydrogen-bond donors (Lipinski definition) is 1. The fourth-order valence-electron chi connectivity index (χ4n) is 2.09. The lowest BCUT2D eigenvalue weighted by atomic mass is 10.3. The number of ether oxygens (including phenoxy) is 2. The molecule has 3 rings (SSSR count). The lowest BCUT2D eigenvalue weighted by Gasteiger charge is -2.08. The Kier molecular flexibility index (Phi) is 4.05. The molecule has 0 spiro atoms. The van der Waals surface area contributed by atoms with Crippen molar-refractivity contribution >= 4 is 11.0 Å². The predicted molar refractivity (Wildman–Crippen MR) is 83.0 cm³/mol. The number of nitrogens with zero attached hydrogens (tertiary/aromatic N) is 1. The van der Waals surface area contributed by atoms with Crippen LogP contribution in [0, 0.1) is 0 Å². The molecule has 0 atom stereocenters. The van der Waals surface area contributed by atoms with E-state index in [9.17, 15) is 0 Å². The summed E-state index contributed by atoms with van der Waals surface area (Å²) in [6.45, 7) is 2.90. The number of H-pyrrole nitrogens is 1. The molecule has 0 aliphatic carbocycles. The second kappa shape index (κ2) is 6.31. The molecule has 0 radical (unpaired) electrons. The third-order valence-electron chi connectivity index (χ3n) is 3.24. The van der Waals surface area contributed by atoms with E-state index in [2.05, 4.69) is 16.9 Å². The summed E-state index contributed by atoms with van der Waals surface area (Å²) < 4.78 is 11.6. The van der Waals surface area contributed by atoms with Crippen LogP contribution in [-0.4, -0.2) is 16.6 Å². The Hall–Kier alpha value is -2.49. The highest BCUT2D eigenvalue weighted by Gasteiger charge is 2.05. The monoisotopic (exact) mass is 282 g/mol. The standard InChI is InChI=1S/C17H18N2O2/c1-2-3-12-20-13-4-6-14(7-5-13)21-16-9-11-19-17-15(16)8-10-18-17/h4-11H,2-3,12H2,1H3,(H,18,19). The van der Waals surface area contributed by atoms with Crippen LogP contribution < -0.4 is 9.47 Å². The molecule has 1 N–H and O–H groups in total. The molecule has 0 fully saturated rings. The fourth-order valence-corrected chi connectivity index (χ4v) is 2.09. The lowest BCUT2D eigenvalue weighted by molar-refractivity contribution is 0.309. The summed E-state index contributed by atoms with van der Waals surface area (Å²) in [5.41, 5.74) is 0.826. The summed E-state index contributed by atoms with van der Waals surface area (Å²) in [5.74, 6) is 2.45. The molecule has 4 nitrogen and oxygen atoms in total. The minimum Gasteiger partial charge on any atom is -0.494 e. The van der Waals surface area contributed by atoms with Gasteiger partial charge in [-0.15, -0.1) is 0 Å². The molecular weight excluding hydrogens is 264 g/mol. The Bertz CT molecular complexity index is 704. The number of rotatable bonds is 6. The molecule has 2 aromatic heterocycles. The van der Waals surface area contributed by atoms with Crippen LogP contribution in [0.3, 0.4) is 0 Å². The molecule has 0 aliphatic heterocycles. The third kappa shape index (κ3) is 3.16. The first-order valence-corrected chi connectivity index (χ1v) is 7.19. The normalized spacial score (nSPS) is 10.7. The minimum absolute atomic E-state index is 0.755. The van der Waals surface area contributed by atoms with E-state index in [0.29, 0.717) is 0 Å². The maximum absolute atomic E-state index is 5.92. The van der Waals surface area contributed by atoms with Gasteiger partial charge in [-0.25, -0.2) is 4.98 Å². The number of pyridine rings is 1. The predicted octanol–water partition coefficient (Wildman–Crippen LogP) is 4.53. The van der Waals surface area contributed by atoms with Crippen LogP contribution in [0.4, 0.5) is 0 Å². The van der Waals surface area contributed by atoms with Gasteiger partial charge in [-0.1, -0.05) is 13.3 Å². The number of fused-ring (bicyclic) bond motifs is 1. The van der Waals surface area contributed by atoms with E-state index in [1.165, 1.54) is 0 Å². The highest BCUT2D eigenvalue weighted by atomic mass is 16.5. The van der Waals surface area contributed by atoms with Crippen LogP contribution in [0.5, 0.6) is 17.2 Å². The summed E-state index contributed by atoms with van der Waals surface area (Å²) in [6.07, 6.45) is 5.79. The summed E-state index contributed by atoms with van der Waals surface area (Å²) in [6, 6.07) is 11.5. The Labute approximate surface area is 123 Å². The molecule has 108 valence electrons. The zero-order valence-corrected chi connectivity index (χ0v) is 12.0. The number of unbranched alkanes of at least 4 members (excludes halogenated alkanes) is 1. The van der Waals surface area contributed by atoms with Crippen LogP contribution in [0.2, 0.25) is 0 Å². The minimum atomic E-state index is 0.755. The van der Waals surface area contributed by atoms with Crippen molar-refractivity contribution in [3.05, 3.63) is 48.8 Å². The summed E-state index contributed by atoms with van der Waals surface area (Å²) in [7, 11) is 0. The smallest absolute Gasteiger partial charge is 0.140 e. The second-order valence-corrected chi connectivity index (χ2v) is 4.82. The zero-order chi connectivity index (χ0) is 14.5. The van der Waals surface area contributed by atoms with Gasteiger partial charge in [-0.3, -0.25) is 0 Å². The van der Waals surface area contributed by atoms with Crippen LogP contribution in [0.25, 0.3) is 11.0 Å². The van der Waals surface area contributed by atoms with Crippen molar-refractivity contribution in [1.82, 2.24) is 9.97 Å². The molecule has 1 aromatic carbocycles. The SMILES string of the molecule is CCCCOc1ccc(Oc2ccnc3[nH]ccc23)cc1. The van der Waals surface area contributed by atoms with Gasteiger partial charge in [0.1, 0.15) is 22.9 Å². The summed E-state index contributed by atoms with van der Waals surface area (Å²) in [4.78, 5) is 7.32. The Morgan fingerprint density at radius 3 is 2.67 bits per heavy atom. The van der Waals surface area contributed by atoms with Gasteiger partial charge in [0.2, 0.25) is 0 Å². The average molecular weight is 282 g/mol. The third-order valence-corrected chi connectivity index (χ3v) is 3.24. The summed E-state index contributed by atoms with van der Waals surface area (Å²) >= 11 is 0. The van der Waals surface area contributed by atoms with Crippen LogP contribution >= 0.6 is 0 Å². The topological polar surface area (TPSA) is 47.1 Å². The molecule has 4 heteroatoms. The Morgan fingerprint density at radius 2 is 1.86 bits per heavy atom. The number of aromatic amines is 1. The number of aromatic nitrogens is 2. The van der Waals surface area contributed by atoms with E-state index < -0.39 is 0 Å². The van der Waals surface area contributed by atoms with E-state index in [4.69, 9.17) is 9.47 Å². The van der Waals surface area contributed by atoms with Gasteiger partial charge >= 0.3 is 0 Å². The fraction of sp³-hybridized carbons (Fsp3) is 0.235. The van der Waals surface area contributed by atoms with Gasteiger partial charge in [0.15, 0.2) is 0 Å². The van der Waals surface area contributed by atoms with Gasteiger partial charge in [0.05, 0.1) is 12.0 Å². The largest absolute Gasteiger partial charge is 0.494 e. The highest BCUT2D eigenvalue weighted by molar-refractivity contribution is 5.82. The molecule has 0 aliphatic rings. The van der Waals surface area contributed by atoms with Gasteiger partial charge in [-0.05, 0) is 42.8 Å². The Morgan fingerprint density at radius 1 is 1.05 bits per heavy atom. The molecule has 0 saturated heterocycles. The second-order valence-electron chi connectivity index (χ2n) is 4.82. The van der Waals surface area contributed by atoms with Gasteiger partial charge < -0.3 is 14.5 Å². The molecule has 0 amide bonds. The lowest BCUT2D eigenvalue weighted by Crippen LogP contribution is -1.96. The molecule has 21 heavy (non-hydrogen) atoms. The maximum atomic E-state index is 5.92. The number of benzene rings is 1. The molecule has 0 unspecified atom stereocenters. The zero-order valence-electron chi connectivity index (χ0n) is 12.0. The number of nitrogens with one attached hydrogen (secondary N) is 1. The first kappa shape index (κ1) is 13.5. The first-order valence-electron chi connectivity index (χ1n) is 7.19. The summed E-state index contributed by atoms with van der Waals surface area (Å²) in [5, 5.41) is 0.973. The van der Waals surface area contributed by atoms with E-state index in [-0.39, 0.29) is 0 Å². The van der Waals surface area contributed by atoms with Crippen molar-refractivity contribution in [2.45, 2.75) is 19.8 Å². The first-order chi connectivity index (χ1) is 10.4. The molecule has 0 saturated carbocycles. The molecular formula is C17H18N2O2. The van der Waals surface area contributed by atoms with Crippen molar-refractivity contribution < 1.29 is 9.47 Å². The van der Waals surface area contributed by atoms with Gasteiger partial charge in [0.25, 0.3) is 0 Å². The van der Waals surface area contributed by atoms with Crippen molar-refractivity contribution in [3.8, 4) is 17.2 Å². The van der Waals surface area contributed by atoms with E-state index in [1.54, 1.807) is 6.20 Å². The molecule has 3 aromatic rings. The van der Waals surface area contributed by atoms with Crippen molar-refractivity contribution in [3.63, 3.8) is 0 Å². The average Bonchev–Trinajstić information content (AvgIpc) is 2.99. The maximum Gasteiger partial charge on any atom is 0.140 e. The quantitative estimate of drug-likeness (QED) is 0.675. The van der Waals surface area contributed by atoms with Crippen molar-refractivity contribution in [2.24, 2.45) is 0 Å². The van der Waals surface area contributed by atoms with Gasteiger partial charge in [0, 0.05) is 12.4 Å². The van der Waals surface area contributed by atoms with Crippen molar-refractivity contribution in [2.75, 3.05) is 6.61 Å². The van der Waals surface area contributed by atoms with Crippen molar-refractivity contribution in [1.29, 1.82) is 0 Å². The van der Waals surface area contributed by atoms with Crippen LogP contribution in [0.1, 0.15) is 19.8 Å². The molecule has 0 bridgehead atoms. The molecule has 2 heterocycles. The van der Waals surface area contributed by atoms with Crippen LogP contribution in [-0.2, 0) is 0 Å².